The molecule has 2 aromatic heterocycles. The quantitative estimate of drug-likeness (QED) is 0.826. The van der Waals surface area contributed by atoms with E-state index in [0.29, 0.717) is 0 Å². The van der Waals surface area contributed by atoms with Crippen LogP contribution in [0.5, 0.6) is 0 Å². The molecule has 0 unspecified atom stereocenters. The van der Waals surface area contributed by atoms with Gasteiger partial charge in [0.05, 0.1) is 12.8 Å². The largest absolute Gasteiger partial charge is 0.468 e. The minimum Gasteiger partial charge on any atom is -0.468 e. The summed E-state index contributed by atoms with van der Waals surface area (Å²) < 4.78 is 5.33. The van der Waals surface area contributed by atoms with Gasteiger partial charge in [0.2, 0.25) is 0 Å². The molecule has 0 spiro atoms. The van der Waals surface area contributed by atoms with Gasteiger partial charge in [0.25, 0.3) is 0 Å². The topological polar surface area (TPSA) is 38.1 Å². The number of nitrogens with one attached hydrogen (secondary N) is 1. The van der Waals surface area contributed by atoms with Gasteiger partial charge in [-0.1, -0.05) is 0 Å². The second kappa shape index (κ2) is 4.75. The molecule has 1 N–H and O–H groups in total. The Bertz CT molecular complexity index is 409. The van der Waals surface area contributed by atoms with Crippen LogP contribution in [0.25, 0.3) is 0 Å². The Hall–Kier alpha value is -1.61. The van der Waals surface area contributed by atoms with Crippen LogP contribution in [0.1, 0.15) is 16.9 Å². The van der Waals surface area contributed by atoms with Crippen molar-refractivity contribution in [2.24, 2.45) is 0 Å². The first kappa shape index (κ1) is 9.93. The Morgan fingerprint density at radius 3 is 2.67 bits per heavy atom. The van der Waals surface area contributed by atoms with Gasteiger partial charge >= 0.3 is 0 Å². The Kier molecular flexibility index (Phi) is 3.15. The number of furan rings is 1. The van der Waals surface area contributed by atoms with E-state index in [0.717, 1.165) is 18.8 Å². The van der Waals surface area contributed by atoms with Gasteiger partial charge in [0.1, 0.15) is 5.76 Å². The van der Waals surface area contributed by atoms with Crippen LogP contribution < -0.4 is 5.32 Å². The zero-order chi connectivity index (χ0) is 10.5. The molecule has 2 rings (SSSR count). The molecule has 3 heteroatoms. The van der Waals surface area contributed by atoms with Gasteiger partial charge in [0.15, 0.2) is 0 Å². The van der Waals surface area contributed by atoms with Crippen molar-refractivity contribution in [2.45, 2.75) is 20.0 Å². The normalized spacial score (nSPS) is 10.5. The Balaban J connectivity index is 1.83. The Morgan fingerprint density at radius 1 is 1.20 bits per heavy atom. The highest BCUT2D eigenvalue weighted by Crippen LogP contribution is 2.08. The van der Waals surface area contributed by atoms with Gasteiger partial charge in [-0.3, -0.25) is 4.98 Å². The molecule has 0 aromatic carbocycles. The van der Waals surface area contributed by atoms with Gasteiger partial charge < -0.3 is 9.73 Å². The molecule has 0 amide bonds. The molecule has 0 saturated heterocycles. The third-order valence-electron chi connectivity index (χ3n) is 2.33. The lowest BCUT2D eigenvalue weighted by atomic mass is 10.2. The highest BCUT2D eigenvalue weighted by Gasteiger charge is 2.00. The monoisotopic (exact) mass is 202 g/mol. The Morgan fingerprint density at radius 2 is 2.00 bits per heavy atom. The zero-order valence-corrected chi connectivity index (χ0v) is 8.73. The fraction of sp³-hybridized carbons (Fsp3) is 0.250. The predicted octanol–water partition coefficient (Wildman–Crippen LogP) is 2.27. The smallest absolute Gasteiger partial charge is 0.120 e. The van der Waals surface area contributed by atoms with Gasteiger partial charge in [0, 0.05) is 18.9 Å². The lowest BCUT2D eigenvalue weighted by Gasteiger charge is -2.03. The summed E-state index contributed by atoms with van der Waals surface area (Å²) >= 11 is 0. The highest BCUT2D eigenvalue weighted by atomic mass is 16.3. The van der Waals surface area contributed by atoms with E-state index in [1.807, 2.05) is 25.1 Å². The molecular weight excluding hydrogens is 188 g/mol. The predicted molar refractivity (Wildman–Crippen MR) is 58.2 cm³/mol. The van der Waals surface area contributed by atoms with Crippen molar-refractivity contribution < 1.29 is 4.42 Å². The zero-order valence-electron chi connectivity index (χ0n) is 8.73. The maximum Gasteiger partial charge on any atom is 0.120 e. The minimum absolute atomic E-state index is 0.765. The average molecular weight is 202 g/mol. The van der Waals surface area contributed by atoms with Gasteiger partial charge in [-0.25, -0.2) is 0 Å². The molecule has 0 aliphatic rings. The van der Waals surface area contributed by atoms with Crippen molar-refractivity contribution in [1.29, 1.82) is 0 Å². The van der Waals surface area contributed by atoms with Crippen LogP contribution >= 0.6 is 0 Å². The molecule has 0 aliphatic heterocycles. The van der Waals surface area contributed by atoms with E-state index in [4.69, 9.17) is 4.42 Å². The standard InChI is InChI=1S/C12H14N2O/c1-10-4-7-15-12(10)9-14-8-11-2-5-13-6-3-11/h2-7,14H,8-9H2,1H3. The van der Waals surface area contributed by atoms with E-state index in [9.17, 15) is 0 Å². The third-order valence-corrected chi connectivity index (χ3v) is 2.33. The highest BCUT2D eigenvalue weighted by molar-refractivity contribution is 5.14. The number of aryl methyl sites for hydroxylation is 1. The summed E-state index contributed by atoms with van der Waals surface area (Å²) in [6.45, 7) is 3.65. The number of pyridine rings is 1. The number of aromatic nitrogens is 1. The van der Waals surface area contributed by atoms with E-state index in [1.54, 1.807) is 18.7 Å². The molecule has 2 aromatic rings. The van der Waals surface area contributed by atoms with E-state index in [-0.39, 0.29) is 0 Å². The summed E-state index contributed by atoms with van der Waals surface area (Å²) in [4.78, 5) is 3.97. The van der Waals surface area contributed by atoms with Crippen LogP contribution in [-0.2, 0) is 13.1 Å². The molecular formula is C12H14N2O. The van der Waals surface area contributed by atoms with Crippen molar-refractivity contribution in [3.05, 3.63) is 53.7 Å². The summed E-state index contributed by atoms with van der Waals surface area (Å²) in [6.07, 6.45) is 5.32. The molecule has 0 saturated carbocycles. The van der Waals surface area contributed by atoms with Gasteiger partial charge in [-0.2, -0.15) is 0 Å². The van der Waals surface area contributed by atoms with Crippen LogP contribution in [-0.4, -0.2) is 4.98 Å². The number of hydrogen-bond acceptors (Lipinski definition) is 3. The first-order chi connectivity index (χ1) is 7.36. The van der Waals surface area contributed by atoms with Crippen molar-refractivity contribution in [3.63, 3.8) is 0 Å². The van der Waals surface area contributed by atoms with Crippen LogP contribution in [0.4, 0.5) is 0 Å². The van der Waals surface area contributed by atoms with Crippen LogP contribution in [0.15, 0.2) is 41.3 Å². The molecule has 2 heterocycles. The number of hydrogen-bond donors (Lipinski definition) is 1. The van der Waals surface area contributed by atoms with E-state index < -0.39 is 0 Å². The summed E-state index contributed by atoms with van der Waals surface area (Å²) in [6, 6.07) is 5.98. The summed E-state index contributed by atoms with van der Waals surface area (Å²) in [5.41, 5.74) is 2.42. The second-order valence-corrected chi connectivity index (χ2v) is 3.49. The summed E-state index contributed by atoms with van der Waals surface area (Å²) in [7, 11) is 0. The third kappa shape index (κ3) is 2.67. The van der Waals surface area contributed by atoms with E-state index in [1.165, 1.54) is 11.1 Å². The number of rotatable bonds is 4. The second-order valence-electron chi connectivity index (χ2n) is 3.49. The molecule has 0 atom stereocenters. The maximum absolute atomic E-state index is 5.33. The lowest BCUT2D eigenvalue weighted by Crippen LogP contribution is -2.12. The first-order valence-corrected chi connectivity index (χ1v) is 4.99. The van der Waals surface area contributed by atoms with Crippen molar-refractivity contribution in [1.82, 2.24) is 10.3 Å². The van der Waals surface area contributed by atoms with E-state index in [2.05, 4.69) is 10.3 Å². The number of nitrogens with zero attached hydrogens (tertiary/aromatic N) is 1. The molecule has 78 valence electrons. The van der Waals surface area contributed by atoms with E-state index >= 15 is 0 Å². The van der Waals surface area contributed by atoms with Crippen LogP contribution in [0.2, 0.25) is 0 Å². The van der Waals surface area contributed by atoms with Crippen molar-refractivity contribution in [2.75, 3.05) is 0 Å². The SMILES string of the molecule is Cc1ccoc1CNCc1ccncc1. The first-order valence-electron chi connectivity index (χ1n) is 4.99. The fourth-order valence-electron chi connectivity index (χ4n) is 1.41. The molecule has 0 fully saturated rings. The van der Waals surface area contributed by atoms with Gasteiger partial charge in [-0.05, 0) is 36.2 Å². The fourth-order valence-corrected chi connectivity index (χ4v) is 1.41. The van der Waals surface area contributed by atoms with Crippen molar-refractivity contribution in [3.8, 4) is 0 Å². The molecule has 0 bridgehead atoms. The average Bonchev–Trinajstić information content (AvgIpc) is 2.66. The molecule has 15 heavy (non-hydrogen) atoms. The maximum atomic E-state index is 5.33. The van der Waals surface area contributed by atoms with Gasteiger partial charge in [-0.15, -0.1) is 0 Å². The van der Waals surface area contributed by atoms with Crippen molar-refractivity contribution >= 4 is 0 Å². The van der Waals surface area contributed by atoms with Crippen LogP contribution in [0.3, 0.4) is 0 Å². The molecule has 3 nitrogen and oxygen atoms in total. The summed E-state index contributed by atoms with van der Waals surface area (Å²) in [5.74, 6) is 1.00. The van der Waals surface area contributed by atoms with Crippen LogP contribution in [0, 0.1) is 6.92 Å². The summed E-state index contributed by atoms with van der Waals surface area (Å²) in [5, 5.41) is 3.32. The molecule has 0 radical (unpaired) electrons. The lowest BCUT2D eigenvalue weighted by molar-refractivity contribution is 0.480. The Labute approximate surface area is 89.1 Å². The minimum atomic E-state index is 0.765. The molecule has 0 aliphatic carbocycles.